The average Bonchev–Trinajstić information content (AvgIpc) is 2.26. The van der Waals surface area contributed by atoms with E-state index in [9.17, 15) is 13.2 Å². The molecule has 0 amide bonds. The molecule has 1 aromatic carbocycles. The van der Waals surface area contributed by atoms with Crippen LogP contribution >= 0.6 is 11.8 Å². The lowest BCUT2D eigenvalue weighted by molar-refractivity contribution is -0.133. The third-order valence-electron chi connectivity index (χ3n) is 1.61. The molecule has 0 heterocycles. The quantitative estimate of drug-likeness (QED) is 0.871. The highest BCUT2D eigenvalue weighted by Gasteiger charge is 2.08. The van der Waals surface area contributed by atoms with E-state index < -0.39 is 15.8 Å². The van der Waals surface area contributed by atoms with Crippen molar-refractivity contribution in [3.05, 3.63) is 41.1 Å². The minimum atomic E-state index is -3.45. The first-order valence-corrected chi connectivity index (χ1v) is 6.92. The Morgan fingerprint density at radius 1 is 1.31 bits per heavy atom. The maximum atomic E-state index is 11.6. The predicted molar refractivity (Wildman–Crippen MR) is 62.9 cm³/mol. The number of carboxylic acid groups (broad SMARTS) is 1. The molecule has 1 aromatic rings. The van der Waals surface area contributed by atoms with Crippen LogP contribution in [0.15, 0.2) is 46.0 Å². The molecule has 0 aliphatic carbocycles. The second kappa shape index (κ2) is 5.72. The topological polar surface area (TPSA) is 71.4 Å². The molecule has 0 atom stereocenters. The van der Waals surface area contributed by atoms with E-state index in [4.69, 9.17) is 5.11 Å². The lowest BCUT2D eigenvalue weighted by Gasteiger charge is -1.97. The third kappa shape index (κ3) is 4.08. The molecule has 0 spiro atoms. The van der Waals surface area contributed by atoms with Gasteiger partial charge in [-0.15, -0.1) is 11.8 Å². The van der Waals surface area contributed by atoms with Crippen molar-refractivity contribution in [2.45, 2.75) is 4.90 Å². The van der Waals surface area contributed by atoms with Crippen molar-refractivity contribution in [1.29, 1.82) is 0 Å². The summed E-state index contributed by atoms with van der Waals surface area (Å²) >= 11 is 0.924. The molecule has 0 saturated heterocycles. The molecule has 1 rings (SSSR count). The predicted octanol–water partition coefficient (Wildman–Crippen LogP) is 1.75. The number of benzene rings is 1. The minimum Gasteiger partial charge on any atom is -0.481 e. The first-order valence-electron chi connectivity index (χ1n) is 4.32. The molecule has 0 unspecified atom stereocenters. The van der Waals surface area contributed by atoms with Crippen LogP contribution in [0.2, 0.25) is 0 Å². The van der Waals surface area contributed by atoms with Crippen LogP contribution < -0.4 is 0 Å². The number of hydrogen-bond acceptors (Lipinski definition) is 4. The van der Waals surface area contributed by atoms with Crippen LogP contribution in [0, 0.1) is 0 Å². The zero-order valence-electron chi connectivity index (χ0n) is 8.24. The summed E-state index contributed by atoms with van der Waals surface area (Å²) < 4.78 is 23.3. The van der Waals surface area contributed by atoms with Gasteiger partial charge in [0.05, 0.1) is 10.6 Å². The highest BCUT2D eigenvalue weighted by Crippen LogP contribution is 2.13. The van der Waals surface area contributed by atoms with E-state index in [1.807, 2.05) is 0 Å². The van der Waals surface area contributed by atoms with Crippen molar-refractivity contribution in [2.24, 2.45) is 0 Å². The summed E-state index contributed by atoms with van der Waals surface area (Å²) in [7, 11) is -3.45. The van der Waals surface area contributed by atoms with Crippen molar-refractivity contribution in [1.82, 2.24) is 0 Å². The molecule has 0 saturated carbocycles. The molecule has 0 radical (unpaired) electrons. The highest BCUT2D eigenvalue weighted by atomic mass is 32.2. The summed E-state index contributed by atoms with van der Waals surface area (Å²) in [6, 6.07) is 7.96. The minimum absolute atomic E-state index is 0.152. The Hall–Kier alpha value is -1.27. The zero-order chi connectivity index (χ0) is 12.0. The van der Waals surface area contributed by atoms with Crippen LogP contribution in [0.25, 0.3) is 0 Å². The zero-order valence-corrected chi connectivity index (χ0v) is 9.87. The van der Waals surface area contributed by atoms with Gasteiger partial charge in [0.25, 0.3) is 0 Å². The number of aliphatic carboxylic acids is 1. The van der Waals surface area contributed by atoms with Crippen molar-refractivity contribution >= 4 is 27.6 Å². The SMILES string of the molecule is O=C(O)CS/C=C/S(=O)(=O)c1ccccc1. The van der Waals surface area contributed by atoms with Crippen LogP contribution in [0.1, 0.15) is 0 Å². The molecular weight excluding hydrogens is 248 g/mol. The van der Waals surface area contributed by atoms with Crippen molar-refractivity contribution in [3.8, 4) is 0 Å². The van der Waals surface area contributed by atoms with Gasteiger partial charge in [-0.25, -0.2) is 8.42 Å². The van der Waals surface area contributed by atoms with E-state index in [1.165, 1.54) is 17.5 Å². The van der Waals surface area contributed by atoms with Gasteiger partial charge in [-0.2, -0.15) is 0 Å². The van der Waals surface area contributed by atoms with Gasteiger partial charge in [0.1, 0.15) is 0 Å². The Kier molecular flexibility index (Phi) is 4.57. The Labute approximate surface area is 97.9 Å². The van der Waals surface area contributed by atoms with Crippen LogP contribution in [-0.2, 0) is 14.6 Å². The summed E-state index contributed by atoms with van der Waals surface area (Å²) in [5.74, 6) is -1.13. The molecule has 0 bridgehead atoms. The summed E-state index contributed by atoms with van der Waals surface area (Å²) in [4.78, 5) is 10.4. The fraction of sp³-hybridized carbons (Fsp3) is 0.100. The van der Waals surface area contributed by atoms with Crippen molar-refractivity contribution in [3.63, 3.8) is 0 Å². The number of carbonyl (C=O) groups is 1. The first kappa shape index (κ1) is 12.8. The largest absolute Gasteiger partial charge is 0.481 e. The second-order valence-electron chi connectivity index (χ2n) is 2.83. The normalized spacial score (nSPS) is 11.8. The van der Waals surface area contributed by atoms with Gasteiger partial charge >= 0.3 is 5.97 Å². The Bertz CT molecular complexity index is 477. The van der Waals surface area contributed by atoms with Gasteiger partial charge in [0.15, 0.2) is 9.84 Å². The van der Waals surface area contributed by atoms with Crippen molar-refractivity contribution < 1.29 is 18.3 Å². The summed E-state index contributed by atoms with van der Waals surface area (Å²) in [6.45, 7) is 0. The van der Waals surface area contributed by atoms with Crippen LogP contribution in [0.5, 0.6) is 0 Å². The molecule has 86 valence electrons. The van der Waals surface area contributed by atoms with Gasteiger partial charge < -0.3 is 5.11 Å². The summed E-state index contributed by atoms with van der Waals surface area (Å²) in [5.41, 5.74) is 0. The fourth-order valence-electron chi connectivity index (χ4n) is 0.921. The van der Waals surface area contributed by atoms with E-state index in [0.717, 1.165) is 17.2 Å². The fourth-order valence-corrected chi connectivity index (χ4v) is 2.75. The summed E-state index contributed by atoms with van der Waals surface area (Å²) in [6.07, 6.45) is 0. The van der Waals surface area contributed by atoms with Gasteiger partial charge in [-0.05, 0) is 17.5 Å². The van der Waals surface area contributed by atoms with Crippen LogP contribution in [0.4, 0.5) is 0 Å². The summed E-state index contributed by atoms with van der Waals surface area (Å²) in [5, 5.41) is 10.6. The lowest BCUT2D eigenvalue weighted by Crippen LogP contribution is -1.97. The Morgan fingerprint density at radius 2 is 1.94 bits per heavy atom. The van der Waals surface area contributed by atoms with Gasteiger partial charge in [-0.3, -0.25) is 4.79 Å². The number of sulfone groups is 1. The molecule has 1 N–H and O–H groups in total. The monoisotopic (exact) mass is 258 g/mol. The highest BCUT2D eigenvalue weighted by molar-refractivity contribution is 8.03. The van der Waals surface area contributed by atoms with Gasteiger partial charge in [-0.1, -0.05) is 18.2 Å². The van der Waals surface area contributed by atoms with E-state index in [2.05, 4.69) is 0 Å². The number of thioether (sulfide) groups is 1. The van der Waals surface area contributed by atoms with Crippen LogP contribution in [-0.4, -0.2) is 25.2 Å². The molecule has 0 aromatic heterocycles. The number of rotatable bonds is 5. The number of hydrogen-bond donors (Lipinski definition) is 1. The van der Waals surface area contributed by atoms with Gasteiger partial charge in [0, 0.05) is 5.41 Å². The number of carboxylic acids is 1. The first-order chi connectivity index (χ1) is 7.52. The molecule has 0 aliphatic rings. The Balaban J connectivity index is 2.70. The standard InChI is InChI=1S/C10H10O4S2/c11-10(12)8-15-6-7-16(13,14)9-4-2-1-3-5-9/h1-7H,8H2,(H,11,12)/b7-6+. The lowest BCUT2D eigenvalue weighted by atomic mass is 10.4. The van der Waals surface area contributed by atoms with Gasteiger partial charge in [0.2, 0.25) is 0 Å². The van der Waals surface area contributed by atoms with E-state index >= 15 is 0 Å². The smallest absolute Gasteiger partial charge is 0.313 e. The maximum Gasteiger partial charge on any atom is 0.313 e. The van der Waals surface area contributed by atoms with E-state index in [-0.39, 0.29) is 10.6 Å². The molecule has 0 aliphatic heterocycles. The Morgan fingerprint density at radius 3 is 2.50 bits per heavy atom. The van der Waals surface area contributed by atoms with E-state index in [1.54, 1.807) is 18.2 Å². The van der Waals surface area contributed by atoms with E-state index in [0.29, 0.717) is 0 Å². The molecular formula is C10H10O4S2. The average molecular weight is 258 g/mol. The molecule has 16 heavy (non-hydrogen) atoms. The third-order valence-corrected chi connectivity index (χ3v) is 3.95. The molecule has 6 heteroatoms. The van der Waals surface area contributed by atoms with Crippen LogP contribution in [0.3, 0.4) is 0 Å². The molecule has 0 fully saturated rings. The van der Waals surface area contributed by atoms with Crippen molar-refractivity contribution in [2.75, 3.05) is 5.75 Å². The maximum absolute atomic E-state index is 11.6. The molecule has 4 nitrogen and oxygen atoms in total. The second-order valence-corrected chi connectivity index (χ2v) is 5.56.